The standard InChI is InChI=1S/C16H20N4O2/c1-9-4-5-11-13(10(9)2)15-14(16(17)18-11)19-12(8-22-3)20(15)6-7-21/h4-5,21H,6-8H2,1-3H3,(H2,17,18). The second kappa shape index (κ2) is 5.55. The molecule has 3 rings (SSSR count). The first-order valence-corrected chi connectivity index (χ1v) is 7.22. The number of pyridine rings is 1. The van der Waals surface area contributed by atoms with Gasteiger partial charge in [0, 0.05) is 19.0 Å². The molecule has 6 nitrogen and oxygen atoms in total. The van der Waals surface area contributed by atoms with Crippen molar-refractivity contribution in [2.45, 2.75) is 27.0 Å². The van der Waals surface area contributed by atoms with E-state index in [9.17, 15) is 5.11 Å². The lowest BCUT2D eigenvalue weighted by atomic mass is 10.0. The van der Waals surface area contributed by atoms with Crippen molar-refractivity contribution in [3.63, 3.8) is 0 Å². The lowest BCUT2D eigenvalue weighted by molar-refractivity contribution is 0.172. The number of rotatable bonds is 4. The van der Waals surface area contributed by atoms with Crippen LogP contribution in [0.2, 0.25) is 0 Å². The average molecular weight is 300 g/mol. The van der Waals surface area contributed by atoms with Crippen molar-refractivity contribution in [3.05, 3.63) is 29.1 Å². The third-order valence-electron chi connectivity index (χ3n) is 4.08. The van der Waals surface area contributed by atoms with Gasteiger partial charge in [-0.25, -0.2) is 9.97 Å². The van der Waals surface area contributed by atoms with Crippen molar-refractivity contribution in [2.24, 2.45) is 0 Å². The highest BCUT2D eigenvalue weighted by Gasteiger charge is 2.18. The van der Waals surface area contributed by atoms with E-state index in [-0.39, 0.29) is 6.61 Å². The van der Waals surface area contributed by atoms with Crippen LogP contribution in [0.3, 0.4) is 0 Å². The van der Waals surface area contributed by atoms with Gasteiger partial charge in [-0.15, -0.1) is 0 Å². The Balaban J connectivity index is 2.50. The van der Waals surface area contributed by atoms with Gasteiger partial charge in [-0.3, -0.25) is 0 Å². The van der Waals surface area contributed by atoms with Crippen LogP contribution in [-0.2, 0) is 17.9 Å². The normalized spacial score (nSPS) is 11.6. The molecule has 0 aliphatic rings. The van der Waals surface area contributed by atoms with Crippen molar-refractivity contribution in [1.82, 2.24) is 14.5 Å². The number of hydrogen-bond donors (Lipinski definition) is 2. The van der Waals surface area contributed by atoms with Gasteiger partial charge in [0.15, 0.2) is 5.82 Å². The molecular formula is C16H20N4O2. The van der Waals surface area contributed by atoms with E-state index in [0.29, 0.717) is 24.5 Å². The van der Waals surface area contributed by atoms with E-state index in [0.717, 1.165) is 27.8 Å². The summed E-state index contributed by atoms with van der Waals surface area (Å²) in [6.45, 7) is 4.97. The highest BCUT2D eigenvalue weighted by atomic mass is 16.5. The van der Waals surface area contributed by atoms with Gasteiger partial charge in [-0.2, -0.15) is 0 Å². The fourth-order valence-electron chi connectivity index (χ4n) is 2.89. The number of nitrogens with two attached hydrogens (primary N) is 1. The predicted octanol–water partition coefficient (Wildman–Crippen LogP) is 1.92. The lowest BCUT2D eigenvalue weighted by Gasteiger charge is -2.11. The number of imidazole rings is 1. The molecule has 0 unspecified atom stereocenters. The molecule has 2 aromatic heterocycles. The van der Waals surface area contributed by atoms with Crippen LogP contribution in [0.5, 0.6) is 0 Å². The maximum absolute atomic E-state index is 9.42. The van der Waals surface area contributed by atoms with Crippen LogP contribution in [0.15, 0.2) is 12.1 Å². The van der Waals surface area contributed by atoms with Crippen LogP contribution < -0.4 is 5.73 Å². The van der Waals surface area contributed by atoms with Crippen LogP contribution in [0.4, 0.5) is 5.82 Å². The first kappa shape index (κ1) is 14.7. The Bertz CT molecular complexity index is 855. The monoisotopic (exact) mass is 300 g/mol. The number of anilines is 1. The van der Waals surface area contributed by atoms with Crippen LogP contribution >= 0.6 is 0 Å². The zero-order valence-electron chi connectivity index (χ0n) is 13.1. The molecule has 0 aliphatic carbocycles. The predicted molar refractivity (Wildman–Crippen MR) is 86.7 cm³/mol. The van der Waals surface area contributed by atoms with Crippen LogP contribution in [0, 0.1) is 13.8 Å². The Morgan fingerprint density at radius 3 is 2.73 bits per heavy atom. The van der Waals surface area contributed by atoms with Gasteiger partial charge < -0.3 is 20.1 Å². The van der Waals surface area contributed by atoms with Crippen LogP contribution in [0.1, 0.15) is 17.0 Å². The van der Waals surface area contributed by atoms with Gasteiger partial charge in [0.25, 0.3) is 0 Å². The third-order valence-corrected chi connectivity index (χ3v) is 4.08. The van der Waals surface area contributed by atoms with Gasteiger partial charge in [0.1, 0.15) is 17.9 Å². The maximum atomic E-state index is 9.42. The summed E-state index contributed by atoms with van der Waals surface area (Å²) in [5.74, 6) is 1.15. The van der Waals surface area contributed by atoms with E-state index in [1.807, 2.05) is 16.7 Å². The minimum Gasteiger partial charge on any atom is -0.395 e. The van der Waals surface area contributed by atoms with E-state index < -0.39 is 0 Å². The molecule has 6 heteroatoms. The quantitative estimate of drug-likeness (QED) is 0.769. The Kier molecular flexibility index (Phi) is 3.72. The number of nitrogen functional groups attached to an aromatic ring is 1. The Hall–Kier alpha value is -2.18. The number of aromatic nitrogens is 3. The molecule has 2 heterocycles. The number of ether oxygens (including phenoxy) is 1. The largest absolute Gasteiger partial charge is 0.395 e. The molecule has 0 radical (unpaired) electrons. The Morgan fingerprint density at radius 2 is 2.05 bits per heavy atom. The first-order valence-electron chi connectivity index (χ1n) is 7.22. The number of nitrogens with zero attached hydrogens (tertiary/aromatic N) is 3. The summed E-state index contributed by atoms with van der Waals surface area (Å²) in [5, 5.41) is 10.5. The minimum absolute atomic E-state index is 0.0246. The number of hydrogen-bond acceptors (Lipinski definition) is 5. The molecule has 3 aromatic rings. The lowest BCUT2D eigenvalue weighted by Crippen LogP contribution is -2.08. The molecular weight excluding hydrogens is 280 g/mol. The second-order valence-corrected chi connectivity index (χ2v) is 5.43. The summed E-state index contributed by atoms with van der Waals surface area (Å²) < 4.78 is 7.20. The fraction of sp³-hybridized carbons (Fsp3) is 0.375. The van der Waals surface area contributed by atoms with Crippen molar-refractivity contribution in [2.75, 3.05) is 19.5 Å². The number of fused-ring (bicyclic) bond motifs is 3. The summed E-state index contributed by atoms with van der Waals surface area (Å²) in [4.78, 5) is 9.06. The molecule has 0 bridgehead atoms. The molecule has 22 heavy (non-hydrogen) atoms. The number of methoxy groups -OCH3 is 1. The highest BCUT2D eigenvalue weighted by molar-refractivity contribution is 6.08. The zero-order chi connectivity index (χ0) is 15.9. The molecule has 0 amide bonds. The number of benzene rings is 1. The molecule has 0 atom stereocenters. The zero-order valence-corrected chi connectivity index (χ0v) is 13.1. The molecule has 116 valence electrons. The maximum Gasteiger partial charge on any atom is 0.152 e. The minimum atomic E-state index is 0.0246. The fourth-order valence-corrected chi connectivity index (χ4v) is 2.89. The molecule has 0 fully saturated rings. The van der Waals surface area contributed by atoms with Gasteiger partial charge in [-0.05, 0) is 31.0 Å². The molecule has 1 aromatic carbocycles. The smallest absolute Gasteiger partial charge is 0.152 e. The van der Waals surface area contributed by atoms with Crippen LogP contribution in [-0.4, -0.2) is 33.4 Å². The third kappa shape index (κ3) is 2.12. The van der Waals surface area contributed by atoms with Gasteiger partial charge in [-0.1, -0.05) is 6.07 Å². The summed E-state index contributed by atoms with van der Waals surface area (Å²) in [5.41, 5.74) is 10.9. The SMILES string of the molecule is COCc1nc2c(N)nc3ccc(C)c(C)c3c2n1CCO. The summed E-state index contributed by atoms with van der Waals surface area (Å²) in [6, 6.07) is 4.01. The van der Waals surface area contributed by atoms with E-state index in [2.05, 4.69) is 23.8 Å². The van der Waals surface area contributed by atoms with Gasteiger partial charge >= 0.3 is 0 Å². The highest BCUT2D eigenvalue weighted by Crippen LogP contribution is 2.32. The Morgan fingerprint density at radius 1 is 1.27 bits per heavy atom. The van der Waals surface area contributed by atoms with Gasteiger partial charge in [0.2, 0.25) is 0 Å². The first-order chi connectivity index (χ1) is 10.6. The van der Waals surface area contributed by atoms with Crippen LogP contribution in [0.25, 0.3) is 21.9 Å². The molecule has 0 aliphatic heterocycles. The molecule has 3 N–H and O–H groups in total. The average Bonchev–Trinajstić information content (AvgIpc) is 2.84. The molecule has 0 saturated carbocycles. The van der Waals surface area contributed by atoms with Crippen molar-refractivity contribution in [3.8, 4) is 0 Å². The molecule has 0 saturated heterocycles. The second-order valence-electron chi connectivity index (χ2n) is 5.43. The number of aliphatic hydroxyl groups excluding tert-OH is 1. The van der Waals surface area contributed by atoms with E-state index in [1.165, 1.54) is 5.56 Å². The van der Waals surface area contributed by atoms with Crippen molar-refractivity contribution in [1.29, 1.82) is 0 Å². The Labute approximate surface area is 128 Å². The topological polar surface area (TPSA) is 86.2 Å². The van der Waals surface area contributed by atoms with Crippen molar-refractivity contribution >= 4 is 27.8 Å². The van der Waals surface area contributed by atoms with Gasteiger partial charge in [0.05, 0.1) is 17.6 Å². The number of aryl methyl sites for hydroxylation is 2. The van der Waals surface area contributed by atoms with E-state index in [1.54, 1.807) is 7.11 Å². The number of aliphatic hydroxyl groups is 1. The van der Waals surface area contributed by atoms with E-state index in [4.69, 9.17) is 10.5 Å². The summed E-state index contributed by atoms with van der Waals surface area (Å²) in [7, 11) is 1.62. The molecule has 0 spiro atoms. The van der Waals surface area contributed by atoms with Crippen molar-refractivity contribution < 1.29 is 9.84 Å². The van der Waals surface area contributed by atoms with E-state index >= 15 is 0 Å². The summed E-state index contributed by atoms with van der Waals surface area (Å²) >= 11 is 0. The summed E-state index contributed by atoms with van der Waals surface area (Å²) in [6.07, 6.45) is 0.